The number of nitrogens with two attached hydrogens (primary N) is 1. The number of allylic oxidation sites excluding steroid dienone is 3. The Kier molecular flexibility index (Phi) is 7.04. The Morgan fingerprint density at radius 3 is 2.58 bits per heavy atom. The van der Waals surface area contributed by atoms with Gasteiger partial charge >= 0.3 is 6.03 Å². The van der Waals surface area contributed by atoms with Crippen molar-refractivity contribution in [3.63, 3.8) is 0 Å². The van der Waals surface area contributed by atoms with Crippen LogP contribution in [0.2, 0.25) is 5.02 Å². The number of aromatic amines is 1. The van der Waals surface area contributed by atoms with Crippen LogP contribution in [0.15, 0.2) is 78.1 Å². The maximum atomic E-state index is 13.4. The Hall–Kier alpha value is -4.33. The van der Waals surface area contributed by atoms with Crippen molar-refractivity contribution in [1.82, 2.24) is 9.88 Å². The third kappa shape index (κ3) is 4.37. The Balaban J connectivity index is 1.74. The molecule has 0 saturated heterocycles. The second-order valence-electron chi connectivity index (χ2n) is 9.86. The molecule has 1 aromatic heterocycles. The number of urea groups is 1. The van der Waals surface area contributed by atoms with Gasteiger partial charge in [0.1, 0.15) is 0 Å². The molecule has 0 saturated carbocycles. The van der Waals surface area contributed by atoms with Gasteiger partial charge < -0.3 is 10.7 Å². The van der Waals surface area contributed by atoms with Gasteiger partial charge in [0.15, 0.2) is 0 Å². The predicted octanol–water partition coefficient (Wildman–Crippen LogP) is 7.72. The fourth-order valence-electron chi connectivity index (χ4n) is 5.05. The number of carbonyl (C=O) groups is 3. The van der Waals surface area contributed by atoms with Gasteiger partial charge in [-0.25, -0.2) is 9.69 Å². The van der Waals surface area contributed by atoms with Gasteiger partial charge in [-0.15, -0.1) is 0 Å². The van der Waals surface area contributed by atoms with Crippen molar-refractivity contribution in [2.75, 3.05) is 4.90 Å². The summed E-state index contributed by atoms with van der Waals surface area (Å²) in [6, 6.07) is 12.3. The molecule has 5 rings (SSSR count). The van der Waals surface area contributed by atoms with Gasteiger partial charge in [-0.1, -0.05) is 67.9 Å². The highest BCUT2D eigenvalue weighted by atomic mass is 35.5. The van der Waals surface area contributed by atoms with Gasteiger partial charge in [-0.3, -0.25) is 14.5 Å². The number of amides is 4. The highest BCUT2D eigenvalue weighted by Gasteiger charge is 2.28. The van der Waals surface area contributed by atoms with E-state index in [0.29, 0.717) is 45.2 Å². The summed E-state index contributed by atoms with van der Waals surface area (Å²) in [4.78, 5) is 43.7. The van der Waals surface area contributed by atoms with Crippen LogP contribution in [0.4, 0.5) is 10.5 Å². The van der Waals surface area contributed by atoms with Crippen LogP contribution in [-0.4, -0.2) is 28.2 Å². The molecule has 2 heterocycles. The number of fused-ring (bicyclic) bond motifs is 3. The fourth-order valence-corrected chi connectivity index (χ4v) is 5.52. The van der Waals surface area contributed by atoms with E-state index in [1.54, 1.807) is 37.3 Å². The van der Waals surface area contributed by atoms with Gasteiger partial charge in [0, 0.05) is 33.1 Å². The van der Waals surface area contributed by atoms with Crippen molar-refractivity contribution in [2.24, 2.45) is 5.73 Å². The maximum Gasteiger partial charge on any atom is 0.339 e. The van der Waals surface area contributed by atoms with Gasteiger partial charge in [0.2, 0.25) is 6.41 Å². The number of carbonyl (C=O) groups excluding carboxylic acids is 3. The number of nitrogens with one attached hydrogen (secondary N) is 1. The molecule has 3 N–H and O–H groups in total. The lowest BCUT2D eigenvalue weighted by molar-refractivity contribution is -0.106. The van der Waals surface area contributed by atoms with E-state index in [1.165, 1.54) is 11.1 Å². The minimum atomic E-state index is -0.642. The second kappa shape index (κ2) is 10.3. The molecule has 0 radical (unpaired) electrons. The number of hydrogen-bond donors (Lipinski definition) is 2. The van der Waals surface area contributed by atoms with E-state index < -0.39 is 11.9 Å². The van der Waals surface area contributed by atoms with E-state index in [2.05, 4.69) is 31.5 Å². The molecule has 1 aliphatic rings. The van der Waals surface area contributed by atoms with Crippen molar-refractivity contribution in [3.8, 4) is 11.1 Å². The summed E-state index contributed by atoms with van der Waals surface area (Å²) in [6.07, 6.45) is 5.15. The van der Waals surface area contributed by atoms with Crippen LogP contribution in [0.3, 0.4) is 0 Å². The van der Waals surface area contributed by atoms with Crippen LogP contribution in [0.25, 0.3) is 32.9 Å². The molecule has 0 spiro atoms. The van der Waals surface area contributed by atoms with Gasteiger partial charge in [-0.2, -0.15) is 0 Å². The third-order valence-corrected chi connectivity index (χ3v) is 7.82. The maximum absolute atomic E-state index is 13.4. The molecule has 40 heavy (non-hydrogen) atoms. The lowest BCUT2D eigenvalue weighted by Crippen LogP contribution is -2.40. The molecule has 4 amide bonds. The minimum Gasteiger partial charge on any atom is -0.366 e. The average molecular weight is 573 g/mol. The number of hydrogen-bond acceptors (Lipinski definition) is 3. The topological polar surface area (TPSA) is 99.5 Å². The first-order chi connectivity index (χ1) is 19.0. The summed E-state index contributed by atoms with van der Waals surface area (Å²) in [5.74, 6) is -0.309. The highest BCUT2D eigenvalue weighted by Crippen LogP contribution is 2.44. The number of nitrogens with zero attached hydrogens (tertiary/aromatic N) is 2. The zero-order chi connectivity index (χ0) is 28.9. The van der Waals surface area contributed by atoms with E-state index in [9.17, 15) is 14.4 Å². The van der Waals surface area contributed by atoms with Crippen LogP contribution in [0.1, 0.15) is 41.3 Å². The van der Waals surface area contributed by atoms with Crippen LogP contribution in [-0.2, 0) is 4.79 Å². The Labute approximate surface area is 241 Å². The first-order valence-corrected chi connectivity index (χ1v) is 13.3. The monoisotopic (exact) mass is 572 g/mol. The number of anilines is 1. The second-order valence-corrected chi connectivity index (χ2v) is 10.7. The molecule has 202 valence electrons. The Morgan fingerprint density at radius 2 is 1.90 bits per heavy atom. The Bertz CT molecular complexity index is 1820. The summed E-state index contributed by atoms with van der Waals surface area (Å²) in [5.41, 5.74) is 11.1. The molecular formula is C31H26Cl2N4O3. The number of imide groups is 1. The smallest absolute Gasteiger partial charge is 0.339 e. The number of H-pyrrole nitrogens is 1. The SMILES string of the molecule is C=C1C(Cl)=CC=CN1C(=O)N(C=O)c1cccc(-c2c(Cl)cc(C(N)=O)c3[nH]c4cc(C(C)C)ccc4c23)c1C. The zero-order valence-corrected chi connectivity index (χ0v) is 23.6. The van der Waals surface area contributed by atoms with Gasteiger partial charge in [0.05, 0.1) is 27.5 Å². The van der Waals surface area contributed by atoms with E-state index in [-0.39, 0.29) is 16.3 Å². The summed E-state index contributed by atoms with van der Waals surface area (Å²) >= 11 is 13.0. The zero-order valence-electron chi connectivity index (χ0n) is 22.1. The van der Waals surface area contributed by atoms with Crippen molar-refractivity contribution >= 4 is 69.0 Å². The molecule has 7 nitrogen and oxygen atoms in total. The number of aromatic nitrogens is 1. The van der Waals surface area contributed by atoms with E-state index in [1.807, 2.05) is 18.2 Å². The van der Waals surface area contributed by atoms with Crippen molar-refractivity contribution in [1.29, 1.82) is 0 Å². The minimum absolute atomic E-state index is 0.251. The molecule has 1 aliphatic heterocycles. The van der Waals surface area contributed by atoms with Crippen molar-refractivity contribution in [2.45, 2.75) is 26.7 Å². The average Bonchev–Trinajstić information content (AvgIpc) is 3.29. The first-order valence-electron chi connectivity index (χ1n) is 12.5. The molecule has 4 aromatic rings. The normalized spacial score (nSPS) is 13.3. The van der Waals surface area contributed by atoms with Crippen LogP contribution < -0.4 is 10.6 Å². The fraction of sp³-hybridized carbons (Fsp3) is 0.129. The van der Waals surface area contributed by atoms with Gasteiger partial charge in [0.25, 0.3) is 5.91 Å². The van der Waals surface area contributed by atoms with E-state index in [4.69, 9.17) is 28.9 Å². The first kappa shape index (κ1) is 27.2. The van der Waals surface area contributed by atoms with Crippen LogP contribution in [0.5, 0.6) is 0 Å². The summed E-state index contributed by atoms with van der Waals surface area (Å²) < 4.78 is 0. The quantitative estimate of drug-likeness (QED) is 0.239. The number of primary amides is 1. The van der Waals surface area contributed by atoms with Crippen molar-refractivity contribution < 1.29 is 14.4 Å². The van der Waals surface area contributed by atoms with Gasteiger partial charge in [-0.05, 0) is 59.9 Å². The summed E-state index contributed by atoms with van der Waals surface area (Å²) in [7, 11) is 0. The molecule has 9 heteroatoms. The van der Waals surface area contributed by atoms with Crippen LogP contribution >= 0.6 is 23.2 Å². The van der Waals surface area contributed by atoms with Crippen molar-refractivity contribution in [3.05, 3.63) is 99.8 Å². The Morgan fingerprint density at radius 1 is 1.15 bits per heavy atom. The third-order valence-electron chi connectivity index (χ3n) is 7.18. The largest absolute Gasteiger partial charge is 0.366 e. The molecule has 0 fully saturated rings. The molecule has 0 atom stereocenters. The van der Waals surface area contributed by atoms with E-state index >= 15 is 0 Å². The standard InChI is InChI=1S/C31H26Cl2N4O3/c1-16(2)19-10-11-21-25(13-19)35-29-22(30(34)39)14-24(33)27(28(21)29)20-7-5-9-26(17(20)3)37(15-38)31(40)36-12-6-8-23(32)18(36)4/h5-16,35H,4H2,1-3H3,(H2,34,39). The number of halogens is 2. The molecule has 0 unspecified atom stereocenters. The van der Waals surface area contributed by atoms with E-state index in [0.717, 1.165) is 26.8 Å². The lowest BCUT2D eigenvalue weighted by atomic mass is 9.92. The molecule has 0 bridgehead atoms. The number of rotatable bonds is 5. The predicted molar refractivity (Wildman–Crippen MR) is 162 cm³/mol. The molecular weight excluding hydrogens is 547 g/mol. The highest BCUT2D eigenvalue weighted by molar-refractivity contribution is 6.37. The summed E-state index contributed by atoms with van der Waals surface area (Å²) in [6.45, 7) is 9.87. The summed E-state index contributed by atoms with van der Waals surface area (Å²) in [5, 5.41) is 2.18. The lowest BCUT2D eigenvalue weighted by Gasteiger charge is -2.28. The molecule has 3 aromatic carbocycles. The number of benzene rings is 3. The van der Waals surface area contributed by atoms with Crippen LogP contribution in [0, 0.1) is 6.92 Å². The molecule has 0 aliphatic carbocycles.